The molecular weight excluding hydrogens is 354 g/mol. The summed E-state index contributed by atoms with van der Waals surface area (Å²) in [7, 11) is 1.47. The van der Waals surface area contributed by atoms with E-state index in [-0.39, 0.29) is 17.2 Å². The van der Waals surface area contributed by atoms with E-state index in [4.69, 9.17) is 4.74 Å². The maximum absolute atomic E-state index is 12.9. The van der Waals surface area contributed by atoms with Crippen molar-refractivity contribution in [3.8, 4) is 5.75 Å². The van der Waals surface area contributed by atoms with Crippen LogP contribution in [-0.2, 0) is 0 Å². The van der Waals surface area contributed by atoms with Gasteiger partial charge < -0.3 is 15.0 Å². The zero-order valence-corrected chi connectivity index (χ0v) is 16.0. The monoisotopic (exact) mass is 379 g/mol. The molecule has 2 fully saturated rings. The van der Waals surface area contributed by atoms with Gasteiger partial charge in [0, 0.05) is 19.1 Å². The Morgan fingerprint density at radius 1 is 1.35 bits per heavy atom. The number of likely N-dealkylation sites (tertiary alicyclic amines) is 1. The second kappa shape index (κ2) is 8.26. The molecule has 1 aromatic rings. The van der Waals surface area contributed by atoms with Crippen molar-refractivity contribution < 1.29 is 14.5 Å². The lowest BCUT2D eigenvalue weighted by Crippen LogP contribution is -2.45. The molecule has 1 N–H and O–H groups in total. The molecule has 0 bridgehead atoms. The number of benzene rings is 1. The molecule has 1 aromatic carbocycles. The number of nitrogens with zero attached hydrogens (tertiary/aromatic N) is 2. The highest BCUT2D eigenvalue weighted by Gasteiger charge is 2.30. The van der Waals surface area contributed by atoms with E-state index < -0.39 is 4.92 Å². The van der Waals surface area contributed by atoms with Crippen LogP contribution >= 0.6 is 11.8 Å². The van der Waals surface area contributed by atoms with E-state index in [2.05, 4.69) is 5.32 Å². The lowest BCUT2D eigenvalue weighted by molar-refractivity contribution is -0.385. The number of hydrogen-bond donors (Lipinski definition) is 1. The Morgan fingerprint density at radius 2 is 2.04 bits per heavy atom. The molecule has 8 heteroatoms. The lowest BCUT2D eigenvalue weighted by Gasteiger charge is -2.32. The minimum Gasteiger partial charge on any atom is -0.495 e. The van der Waals surface area contributed by atoms with Crippen molar-refractivity contribution >= 4 is 23.4 Å². The summed E-state index contributed by atoms with van der Waals surface area (Å²) in [6, 6.07) is 3.37. The summed E-state index contributed by atoms with van der Waals surface area (Å²) in [5, 5.41) is 15.0. The third-order valence-electron chi connectivity index (χ3n) is 5.10. The summed E-state index contributed by atoms with van der Waals surface area (Å²) in [4.78, 5) is 26.3. The van der Waals surface area contributed by atoms with E-state index in [9.17, 15) is 14.9 Å². The summed E-state index contributed by atoms with van der Waals surface area (Å²) >= 11 is 1.41. The summed E-state index contributed by atoms with van der Waals surface area (Å²) in [6.07, 6.45) is 6.27. The minimum atomic E-state index is -0.510. The van der Waals surface area contributed by atoms with Crippen molar-refractivity contribution in [2.24, 2.45) is 5.92 Å². The Balaban J connectivity index is 1.71. The van der Waals surface area contributed by atoms with E-state index >= 15 is 0 Å². The number of piperidine rings is 1. The van der Waals surface area contributed by atoms with Crippen LogP contribution in [0.5, 0.6) is 5.75 Å². The maximum atomic E-state index is 12.9. The molecule has 0 radical (unpaired) electrons. The highest BCUT2D eigenvalue weighted by Crippen LogP contribution is 2.35. The van der Waals surface area contributed by atoms with Crippen LogP contribution in [0.1, 0.15) is 36.0 Å². The molecule has 0 aromatic heterocycles. The first kappa shape index (κ1) is 19.0. The Labute approximate surface area is 157 Å². The second-order valence-electron chi connectivity index (χ2n) is 6.90. The largest absolute Gasteiger partial charge is 0.495 e. The number of thioether (sulfide) groups is 1. The number of nitrogens with one attached hydrogen (secondary N) is 1. The summed E-state index contributed by atoms with van der Waals surface area (Å²) in [5.41, 5.74) is -0.0526. The van der Waals surface area contributed by atoms with Crippen LogP contribution in [0, 0.1) is 16.0 Å². The van der Waals surface area contributed by atoms with Crippen LogP contribution < -0.4 is 10.1 Å². The van der Waals surface area contributed by atoms with E-state index in [1.165, 1.54) is 37.8 Å². The number of carbonyl (C=O) groups excluding carboxylic acids is 1. The van der Waals surface area contributed by atoms with Gasteiger partial charge in [-0.05, 0) is 50.5 Å². The van der Waals surface area contributed by atoms with Gasteiger partial charge in [-0.25, -0.2) is 0 Å². The number of amides is 1. The van der Waals surface area contributed by atoms with Gasteiger partial charge in [-0.2, -0.15) is 0 Å². The van der Waals surface area contributed by atoms with Crippen LogP contribution in [-0.4, -0.2) is 54.8 Å². The molecule has 7 nitrogen and oxygen atoms in total. The molecule has 142 valence electrons. The van der Waals surface area contributed by atoms with Crippen molar-refractivity contribution in [2.75, 3.05) is 33.0 Å². The predicted octanol–water partition coefficient (Wildman–Crippen LogP) is 2.93. The smallest absolute Gasteiger partial charge is 0.285 e. The Morgan fingerprint density at radius 3 is 2.58 bits per heavy atom. The zero-order chi connectivity index (χ0) is 18.7. The molecule has 1 heterocycles. The molecule has 0 spiro atoms. The standard InChI is InChI=1S/C18H25N3O4S/c1-25-16-10-15(21(23)24)14(9-17(16)26-2)18(22)20-7-5-13(6-8-20)19-11-12-3-4-12/h9-10,12-13,19H,3-8,11H2,1-2H3. The average molecular weight is 379 g/mol. The fourth-order valence-electron chi connectivity index (χ4n) is 3.30. The van der Waals surface area contributed by atoms with Gasteiger partial charge in [0.25, 0.3) is 11.6 Å². The van der Waals surface area contributed by atoms with Gasteiger partial charge in [-0.3, -0.25) is 14.9 Å². The fraction of sp³-hybridized carbons (Fsp3) is 0.611. The summed E-state index contributed by atoms with van der Waals surface area (Å²) in [5.74, 6) is 0.987. The first-order chi connectivity index (χ1) is 12.5. The first-order valence-electron chi connectivity index (χ1n) is 8.96. The van der Waals surface area contributed by atoms with Crippen molar-refractivity contribution in [1.82, 2.24) is 10.2 Å². The number of carbonyl (C=O) groups is 1. The Bertz CT molecular complexity index is 685. The highest BCUT2D eigenvalue weighted by molar-refractivity contribution is 7.98. The van der Waals surface area contributed by atoms with Crippen LogP contribution in [0.4, 0.5) is 5.69 Å². The molecule has 1 saturated heterocycles. The Hall–Kier alpha value is -1.80. The number of nitro groups is 1. The normalized spacial score (nSPS) is 18.0. The van der Waals surface area contributed by atoms with Gasteiger partial charge in [0.1, 0.15) is 11.3 Å². The van der Waals surface area contributed by atoms with Crippen molar-refractivity contribution in [3.63, 3.8) is 0 Å². The average Bonchev–Trinajstić information content (AvgIpc) is 3.49. The molecule has 1 amide bonds. The Kier molecular flexibility index (Phi) is 6.03. The number of nitro benzene ring substituents is 1. The maximum Gasteiger partial charge on any atom is 0.285 e. The van der Waals surface area contributed by atoms with E-state index in [1.54, 1.807) is 11.0 Å². The second-order valence-corrected chi connectivity index (χ2v) is 7.75. The molecule has 0 unspecified atom stereocenters. The van der Waals surface area contributed by atoms with Gasteiger partial charge in [0.15, 0.2) is 0 Å². The zero-order valence-electron chi connectivity index (χ0n) is 15.2. The molecule has 1 aliphatic carbocycles. The van der Waals surface area contributed by atoms with Crippen LogP contribution in [0.25, 0.3) is 0 Å². The van der Waals surface area contributed by atoms with Crippen molar-refractivity contribution in [3.05, 3.63) is 27.8 Å². The third-order valence-corrected chi connectivity index (χ3v) is 5.86. The molecule has 26 heavy (non-hydrogen) atoms. The van der Waals surface area contributed by atoms with Crippen molar-refractivity contribution in [2.45, 2.75) is 36.6 Å². The quantitative estimate of drug-likeness (QED) is 0.445. The lowest BCUT2D eigenvalue weighted by atomic mass is 10.0. The van der Waals surface area contributed by atoms with Gasteiger partial charge in [0.05, 0.1) is 23.0 Å². The van der Waals surface area contributed by atoms with E-state index in [0.29, 0.717) is 24.9 Å². The van der Waals surface area contributed by atoms with Crippen LogP contribution in [0.3, 0.4) is 0 Å². The number of hydrogen-bond acceptors (Lipinski definition) is 6. The number of ether oxygens (including phenoxy) is 1. The molecule has 3 rings (SSSR count). The van der Waals surface area contributed by atoms with E-state index in [1.807, 2.05) is 6.26 Å². The number of rotatable bonds is 7. The fourth-order valence-corrected chi connectivity index (χ4v) is 3.88. The van der Waals surface area contributed by atoms with Gasteiger partial charge in [-0.15, -0.1) is 11.8 Å². The molecular formula is C18H25N3O4S. The van der Waals surface area contributed by atoms with Gasteiger partial charge in [-0.1, -0.05) is 0 Å². The van der Waals surface area contributed by atoms with Crippen LogP contribution in [0.15, 0.2) is 17.0 Å². The van der Waals surface area contributed by atoms with Gasteiger partial charge >= 0.3 is 0 Å². The summed E-state index contributed by atoms with van der Waals surface area (Å²) in [6.45, 7) is 2.32. The summed E-state index contributed by atoms with van der Waals surface area (Å²) < 4.78 is 5.21. The van der Waals surface area contributed by atoms with Crippen LogP contribution in [0.2, 0.25) is 0 Å². The molecule has 2 aliphatic rings. The SMILES string of the molecule is COc1cc([N+](=O)[O-])c(C(=O)N2CCC(NCC3CC3)CC2)cc1SC. The minimum absolute atomic E-state index is 0.143. The molecule has 1 aliphatic heterocycles. The third kappa shape index (κ3) is 4.29. The molecule has 1 saturated carbocycles. The van der Waals surface area contributed by atoms with Crippen molar-refractivity contribution in [1.29, 1.82) is 0 Å². The molecule has 0 atom stereocenters. The highest BCUT2D eigenvalue weighted by atomic mass is 32.2. The van der Waals surface area contributed by atoms with E-state index in [0.717, 1.165) is 30.2 Å². The first-order valence-corrected chi connectivity index (χ1v) is 10.2. The topological polar surface area (TPSA) is 84.7 Å². The number of methoxy groups -OCH3 is 1. The van der Waals surface area contributed by atoms with Gasteiger partial charge in [0.2, 0.25) is 0 Å². The predicted molar refractivity (Wildman–Crippen MR) is 101 cm³/mol.